The fourth-order valence-electron chi connectivity index (χ4n) is 2.23. The van der Waals surface area contributed by atoms with E-state index in [0.717, 1.165) is 11.1 Å². The van der Waals surface area contributed by atoms with Gasteiger partial charge in [0.15, 0.2) is 5.75 Å². The van der Waals surface area contributed by atoms with Gasteiger partial charge in [0.1, 0.15) is 18.6 Å². The summed E-state index contributed by atoms with van der Waals surface area (Å²) in [7, 11) is 0. The van der Waals surface area contributed by atoms with Crippen molar-refractivity contribution >= 4 is 34.9 Å². The molecule has 0 atom stereocenters. The molecule has 0 saturated carbocycles. The van der Waals surface area contributed by atoms with Crippen LogP contribution in [0.3, 0.4) is 0 Å². The molecule has 3 rings (SSSR count). The van der Waals surface area contributed by atoms with E-state index >= 15 is 0 Å². The molecule has 1 heterocycles. The normalized spacial score (nSPS) is 10.4. The third-order valence-electron chi connectivity index (χ3n) is 3.42. The molecular formula is C18H13Cl2N3O3. The Morgan fingerprint density at radius 3 is 2.50 bits per heavy atom. The van der Waals surface area contributed by atoms with Gasteiger partial charge in [0, 0.05) is 29.0 Å². The molecule has 0 spiro atoms. The lowest BCUT2D eigenvalue weighted by molar-refractivity contribution is -0.134. The van der Waals surface area contributed by atoms with Gasteiger partial charge < -0.3 is 15.2 Å². The number of rotatable bonds is 6. The second kappa shape index (κ2) is 8.03. The first-order valence-corrected chi connectivity index (χ1v) is 8.26. The first-order chi connectivity index (χ1) is 12.5. The zero-order valence-electron chi connectivity index (χ0n) is 13.3. The fourth-order valence-corrected chi connectivity index (χ4v) is 2.61. The predicted molar refractivity (Wildman–Crippen MR) is 100 cm³/mol. The molecule has 2 N–H and O–H groups in total. The Bertz CT molecular complexity index is 936. The average Bonchev–Trinajstić information content (AvgIpc) is 2.63. The van der Waals surface area contributed by atoms with Gasteiger partial charge in [-0.05, 0) is 29.8 Å². The minimum Gasteiger partial charge on any atom is -0.480 e. The van der Waals surface area contributed by atoms with Crippen LogP contribution in [0, 0.1) is 0 Å². The second-order valence-corrected chi connectivity index (χ2v) is 6.11. The SMILES string of the molecule is O=C(O)CNc1ccc(Cl)cc1Oc1ccc(-c2cncnc2)cc1Cl. The maximum Gasteiger partial charge on any atom is 0.322 e. The first-order valence-electron chi connectivity index (χ1n) is 7.51. The topological polar surface area (TPSA) is 84.3 Å². The van der Waals surface area contributed by atoms with Crippen molar-refractivity contribution in [1.29, 1.82) is 0 Å². The molecule has 0 unspecified atom stereocenters. The van der Waals surface area contributed by atoms with Crippen molar-refractivity contribution in [3.05, 3.63) is 65.2 Å². The lowest BCUT2D eigenvalue weighted by Gasteiger charge is -2.14. The summed E-state index contributed by atoms with van der Waals surface area (Å²) in [5, 5.41) is 12.4. The van der Waals surface area contributed by atoms with Gasteiger partial charge in [-0.2, -0.15) is 0 Å². The summed E-state index contributed by atoms with van der Waals surface area (Å²) in [6.07, 6.45) is 4.82. The molecule has 0 fully saturated rings. The van der Waals surface area contributed by atoms with E-state index < -0.39 is 5.97 Å². The van der Waals surface area contributed by atoms with Crippen LogP contribution in [0.25, 0.3) is 11.1 Å². The van der Waals surface area contributed by atoms with E-state index in [9.17, 15) is 4.79 Å². The number of carboxylic acid groups (broad SMARTS) is 1. The van der Waals surface area contributed by atoms with Crippen LogP contribution < -0.4 is 10.1 Å². The van der Waals surface area contributed by atoms with Crippen LogP contribution in [-0.2, 0) is 4.79 Å². The van der Waals surface area contributed by atoms with Crippen molar-refractivity contribution < 1.29 is 14.6 Å². The van der Waals surface area contributed by atoms with Crippen LogP contribution in [0.5, 0.6) is 11.5 Å². The van der Waals surface area contributed by atoms with E-state index in [1.54, 1.807) is 42.7 Å². The number of ether oxygens (including phenoxy) is 1. The molecule has 0 aliphatic carbocycles. The van der Waals surface area contributed by atoms with Gasteiger partial charge >= 0.3 is 5.97 Å². The lowest BCUT2D eigenvalue weighted by Crippen LogP contribution is -2.12. The molecule has 0 saturated heterocycles. The van der Waals surface area contributed by atoms with Crippen molar-refractivity contribution in [2.75, 3.05) is 11.9 Å². The van der Waals surface area contributed by atoms with Crippen LogP contribution in [0.1, 0.15) is 0 Å². The highest BCUT2D eigenvalue weighted by Crippen LogP contribution is 2.37. The molecule has 8 heteroatoms. The monoisotopic (exact) mass is 389 g/mol. The van der Waals surface area contributed by atoms with E-state index in [2.05, 4.69) is 15.3 Å². The van der Waals surface area contributed by atoms with Gasteiger partial charge in [0.25, 0.3) is 0 Å². The van der Waals surface area contributed by atoms with Crippen molar-refractivity contribution in [3.8, 4) is 22.6 Å². The molecule has 0 aliphatic rings. The number of hydrogen-bond acceptors (Lipinski definition) is 5. The number of hydrogen-bond donors (Lipinski definition) is 2. The predicted octanol–water partition coefficient (Wildman–Crippen LogP) is 4.74. The highest BCUT2D eigenvalue weighted by molar-refractivity contribution is 6.32. The minimum atomic E-state index is -0.988. The van der Waals surface area contributed by atoms with E-state index in [0.29, 0.717) is 27.2 Å². The summed E-state index contributed by atoms with van der Waals surface area (Å²) in [6.45, 7) is -0.251. The molecule has 0 amide bonds. The Morgan fingerprint density at radius 2 is 1.81 bits per heavy atom. The van der Waals surface area contributed by atoms with Gasteiger partial charge in [0.05, 0.1) is 10.7 Å². The maximum atomic E-state index is 10.8. The Labute approximate surface area is 159 Å². The summed E-state index contributed by atoms with van der Waals surface area (Å²) in [4.78, 5) is 18.7. The van der Waals surface area contributed by atoms with E-state index in [-0.39, 0.29) is 6.54 Å². The number of carbonyl (C=O) groups is 1. The molecule has 0 aliphatic heterocycles. The number of halogens is 2. The Hall–Kier alpha value is -2.83. The van der Waals surface area contributed by atoms with Crippen LogP contribution in [0.15, 0.2) is 55.1 Å². The van der Waals surface area contributed by atoms with Crippen molar-refractivity contribution in [2.45, 2.75) is 0 Å². The molecule has 132 valence electrons. The third-order valence-corrected chi connectivity index (χ3v) is 3.95. The second-order valence-electron chi connectivity index (χ2n) is 5.26. The molecule has 6 nitrogen and oxygen atoms in total. The van der Waals surface area contributed by atoms with E-state index in [4.69, 9.17) is 33.0 Å². The molecule has 0 radical (unpaired) electrons. The van der Waals surface area contributed by atoms with Crippen LogP contribution >= 0.6 is 23.2 Å². The number of nitrogens with one attached hydrogen (secondary N) is 1. The Kier molecular flexibility index (Phi) is 5.55. The van der Waals surface area contributed by atoms with Gasteiger partial charge in [0.2, 0.25) is 0 Å². The van der Waals surface area contributed by atoms with Gasteiger partial charge in [-0.1, -0.05) is 29.3 Å². The molecular weight excluding hydrogens is 377 g/mol. The summed E-state index contributed by atoms with van der Waals surface area (Å²) in [5.74, 6) is -0.206. The lowest BCUT2D eigenvalue weighted by atomic mass is 10.1. The van der Waals surface area contributed by atoms with Crippen molar-refractivity contribution in [2.24, 2.45) is 0 Å². The Morgan fingerprint density at radius 1 is 1.04 bits per heavy atom. The number of anilines is 1. The average molecular weight is 390 g/mol. The number of aliphatic carboxylic acids is 1. The molecule has 1 aromatic heterocycles. The largest absolute Gasteiger partial charge is 0.480 e. The number of benzene rings is 2. The standard InChI is InChI=1S/C18H13Cl2N3O3/c19-13-2-3-15(23-9-18(24)25)17(6-13)26-16-4-1-11(5-14(16)20)12-7-21-10-22-8-12/h1-8,10,23H,9H2,(H,24,25). The molecule has 0 bridgehead atoms. The molecule has 26 heavy (non-hydrogen) atoms. The van der Waals surface area contributed by atoms with Crippen molar-refractivity contribution in [3.63, 3.8) is 0 Å². The van der Waals surface area contributed by atoms with Gasteiger partial charge in [-0.15, -0.1) is 0 Å². The Balaban J connectivity index is 1.87. The van der Waals surface area contributed by atoms with Crippen LogP contribution in [0.2, 0.25) is 10.0 Å². The fraction of sp³-hybridized carbons (Fsp3) is 0.0556. The quantitative estimate of drug-likeness (QED) is 0.633. The maximum absolute atomic E-state index is 10.8. The molecule has 3 aromatic rings. The summed E-state index contributed by atoms with van der Waals surface area (Å²) in [5.41, 5.74) is 2.17. The van der Waals surface area contributed by atoms with Crippen molar-refractivity contribution in [1.82, 2.24) is 9.97 Å². The zero-order valence-corrected chi connectivity index (χ0v) is 14.8. The summed E-state index contributed by atoms with van der Waals surface area (Å²) >= 11 is 12.4. The smallest absolute Gasteiger partial charge is 0.322 e. The van der Waals surface area contributed by atoms with Crippen LogP contribution in [-0.4, -0.2) is 27.6 Å². The first kappa shape index (κ1) is 18.0. The number of nitrogens with zero attached hydrogens (tertiary/aromatic N) is 2. The zero-order chi connectivity index (χ0) is 18.5. The van der Waals surface area contributed by atoms with Gasteiger partial charge in [-0.25, -0.2) is 9.97 Å². The van der Waals surface area contributed by atoms with Gasteiger partial charge in [-0.3, -0.25) is 4.79 Å². The number of aromatic nitrogens is 2. The van der Waals surface area contributed by atoms with E-state index in [1.807, 2.05) is 6.07 Å². The van der Waals surface area contributed by atoms with Crippen LogP contribution in [0.4, 0.5) is 5.69 Å². The molecule has 2 aromatic carbocycles. The highest BCUT2D eigenvalue weighted by Gasteiger charge is 2.11. The highest BCUT2D eigenvalue weighted by atomic mass is 35.5. The summed E-state index contributed by atoms with van der Waals surface area (Å²) in [6, 6.07) is 10.1. The third kappa shape index (κ3) is 4.41. The minimum absolute atomic E-state index is 0.251. The number of carboxylic acids is 1. The van der Waals surface area contributed by atoms with E-state index in [1.165, 1.54) is 6.33 Å². The summed E-state index contributed by atoms with van der Waals surface area (Å²) < 4.78 is 5.84.